The minimum Gasteiger partial charge on any atom is -0.364 e. The summed E-state index contributed by atoms with van der Waals surface area (Å²) in [5, 5.41) is 7.55. The van der Waals surface area contributed by atoms with E-state index in [-0.39, 0.29) is 42.3 Å². The summed E-state index contributed by atoms with van der Waals surface area (Å²) >= 11 is 6.21. The van der Waals surface area contributed by atoms with Gasteiger partial charge in [-0.25, -0.2) is 13.8 Å². The van der Waals surface area contributed by atoms with Crippen LogP contribution in [-0.2, 0) is 16.1 Å². The average molecular weight is 578 g/mol. The number of hydrogen-bond donors (Lipinski definition) is 3. The smallest absolute Gasteiger partial charge is 0.269 e. The number of imidazole rings is 1. The van der Waals surface area contributed by atoms with Gasteiger partial charge in [-0.05, 0) is 30.3 Å². The number of aromatic amines is 1. The summed E-state index contributed by atoms with van der Waals surface area (Å²) in [6.07, 6.45) is -1.71. The number of alkyl halides is 1. The number of hydrogen-bond acceptors (Lipinski definition) is 5. The second-order valence-corrected chi connectivity index (χ2v) is 10.1. The summed E-state index contributed by atoms with van der Waals surface area (Å²) in [4.78, 5) is 46.9. The Bertz CT molecular complexity index is 1850. The lowest BCUT2D eigenvalue weighted by atomic mass is 10.1. The molecule has 3 amide bonds. The van der Waals surface area contributed by atoms with Gasteiger partial charge in [0.15, 0.2) is 11.5 Å². The number of benzene rings is 3. The highest BCUT2D eigenvalue weighted by Crippen LogP contribution is 2.31. The number of nitrogens with one attached hydrogen (secondary N) is 2. The molecule has 0 bridgehead atoms. The summed E-state index contributed by atoms with van der Waals surface area (Å²) in [7, 11) is 0. The minimum atomic E-state index is -1.46. The molecule has 5 aromatic rings. The first-order valence-corrected chi connectivity index (χ1v) is 13.0. The van der Waals surface area contributed by atoms with Crippen LogP contribution >= 0.6 is 11.6 Å². The molecule has 13 heteroatoms. The zero-order chi connectivity index (χ0) is 28.8. The Balaban J connectivity index is 1.24. The van der Waals surface area contributed by atoms with E-state index in [9.17, 15) is 18.8 Å². The van der Waals surface area contributed by atoms with Crippen LogP contribution in [-0.4, -0.2) is 61.1 Å². The SMILES string of the molecule is NC(=O)c1nn(CC(=O)N2C[C@H](F)C[C@H]2C(=O)Nc2cccc(-c3nc4cccc(Cl)c4[nH]3)c2F)c2ccccc12. The molecular weight excluding hydrogens is 556 g/mol. The summed E-state index contributed by atoms with van der Waals surface area (Å²) in [5.74, 6) is -2.64. The van der Waals surface area contributed by atoms with Crippen molar-refractivity contribution in [2.24, 2.45) is 5.73 Å². The number of nitrogens with zero attached hydrogens (tertiary/aromatic N) is 4. The summed E-state index contributed by atoms with van der Waals surface area (Å²) < 4.78 is 31.4. The molecule has 1 fully saturated rings. The number of primary amides is 1. The topological polar surface area (TPSA) is 139 Å². The van der Waals surface area contributed by atoms with Crippen LogP contribution in [0.2, 0.25) is 5.02 Å². The monoisotopic (exact) mass is 577 g/mol. The summed E-state index contributed by atoms with van der Waals surface area (Å²) in [6, 6.07) is 15.1. The molecule has 1 aliphatic rings. The van der Waals surface area contributed by atoms with Crippen molar-refractivity contribution in [2.45, 2.75) is 25.2 Å². The van der Waals surface area contributed by atoms with Crippen molar-refractivity contribution in [3.63, 3.8) is 0 Å². The van der Waals surface area contributed by atoms with E-state index >= 15 is 4.39 Å². The van der Waals surface area contributed by atoms with Crippen LogP contribution < -0.4 is 11.1 Å². The van der Waals surface area contributed by atoms with Crippen molar-refractivity contribution < 1.29 is 23.2 Å². The van der Waals surface area contributed by atoms with Crippen LogP contribution in [0.15, 0.2) is 60.7 Å². The Morgan fingerprint density at radius 1 is 1.10 bits per heavy atom. The van der Waals surface area contributed by atoms with Crippen molar-refractivity contribution >= 4 is 56.9 Å². The molecule has 3 aromatic carbocycles. The van der Waals surface area contributed by atoms with E-state index in [2.05, 4.69) is 20.4 Å². The molecule has 41 heavy (non-hydrogen) atoms. The highest BCUT2D eigenvalue weighted by molar-refractivity contribution is 6.35. The van der Waals surface area contributed by atoms with Crippen molar-refractivity contribution in [1.29, 1.82) is 0 Å². The number of rotatable bonds is 6. The number of H-pyrrole nitrogens is 1. The predicted molar refractivity (Wildman–Crippen MR) is 148 cm³/mol. The first-order valence-electron chi connectivity index (χ1n) is 12.6. The van der Waals surface area contributed by atoms with Crippen LogP contribution in [0.1, 0.15) is 16.9 Å². The fourth-order valence-corrected chi connectivity index (χ4v) is 5.33. The number of anilines is 1. The second kappa shape index (κ2) is 10.3. The van der Waals surface area contributed by atoms with Crippen molar-refractivity contribution in [2.75, 3.05) is 11.9 Å². The molecular formula is C28H22ClF2N7O3. The van der Waals surface area contributed by atoms with Gasteiger partial charge in [0.25, 0.3) is 5.91 Å². The number of nitrogens with two attached hydrogens (primary N) is 1. The third-order valence-corrected chi connectivity index (χ3v) is 7.34. The molecule has 2 aromatic heterocycles. The molecule has 4 N–H and O–H groups in total. The molecule has 2 atom stereocenters. The Labute approximate surface area is 236 Å². The third-order valence-electron chi connectivity index (χ3n) is 7.03. The van der Waals surface area contributed by atoms with E-state index in [1.165, 1.54) is 22.9 Å². The van der Waals surface area contributed by atoms with E-state index in [1.807, 2.05) is 0 Å². The Hall–Kier alpha value is -4.84. The van der Waals surface area contributed by atoms with Gasteiger partial charge in [-0.2, -0.15) is 5.10 Å². The van der Waals surface area contributed by atoms with Gasteiger partial charge in [-0.1, -0.05) is 41.9 Å². The number of carbonyl (C=O) groups is 3. The van der Waals surface area contributed by atoms with Crippen LogP contribution in [0.4, 0.5) is 14.5 Å². The van der Waals surface area contributed by atoms with E-state index in [4.69, 9.17) is 17.3 Å². The molecule has 208 valence electrons. The maximum absolute atomic E-state index is 15.6. The van der Waals surface area contributed by atoms with Gasteiger partial charge in [0.1, 0.15) is 24.6 Å². The molecule has 1 saturated heterocycles. The maximum atomic E-state index is 15.6. The number of amides is 3. The van der Waals surface area contributed by atoms with Crippen molar-refractivity contribution in [3.05, 3.63) is 77.2 Å². The van der Waals surface area contributed by atoms with Gasteiger partial charge < -0.3 is 20.9 Å². The normalized spacial score (nSPS) is 16.9. The lowest BCUT2D eigenvalue weighted by Crippen LogP contribution is -2.44. The fourth-order valence-electron chi connectivity index (χ4n) is 5.11. The number of aromatic nitrogens is 4. The lowest BCUT2D eigenvalue weighted by Gasteiger charge is -2.24. The highest BCUT2D eigenvalue weighted by atomic mass is 35.5. The van der Waals surface area contributed by atoms with Gasteiger partial charge in [-0.3, -0.25) is 19.1 Å². The predicted octanol–water partition coefficient (Wildman–Crippen LogP) is 4.05. The lowest BCUT2D eigenvalue weighted by molar-refractivity contribution is -0.137. The fraction of sp³-hybridized carbons (Fsp3) is 0.179. The first-order chi connectivity index (χ1) is 19.7. The van der Waals surface area contributed by atoms with Crippen molar-refractivity contribution in [3.8, 4) is 11.4 Å². The van der Waals surface area contributed by atoms with Gasteiger partial charge in [-0.15, -0.1) is 0 Å². The van der Waals surface area contributed by atoms with Crippen LogP contribution in [0.5, 0.6) is 0 Å². The Morgan fingerprint density at radius 2 is 1.88 bits per heavy atom. The number of fused-ring (bicyclic) bond motifs is 2. The molecule has 3 heterocycles. The largest absolute Gasteiger partial charge is 0.364 e. The van der Waals surface area contributed by atoms with Crippen LogP contribution in [0.25, 0.3) is 33.3 Å². The standard InChI is InChI=1S/C28H22ClF2N7O3/c29-17-7-4-9-19-25(17)35-27(33-19)16-6-3-8-18(23(16)31)34-28(41)21-11-14(30)12-37(21)22(39)13-38-20-10-2-1-5-15(20)24(36-38)26(32)40/h1-10,14,21H,11-13H2,(H2,32,40)(H,33,35)(H,34,41)/t14-,21+/m1/s1. The molecule has 0 unspecified atom stereocenters. The molecule has 6 rings (SSSR count). The maximum Gasteiger partial charge on any atom is 0.269 e. The summed E-state index contributed by atoms with van der Waals surface area (Å²) in [5.41, 5.74) is 6.93. The van der Waals surface area contributed by atoms with E-state index in [1.54, 1.807) is 42.5 Å². The highest BCUT2D eigenvalue weighted by Gasteiger charge is 2.40. The third kappa shape index (κ3) is 4.76. The number of likely N-dealkylation sites (tertiary alicyclic amines) is 1. The molecule has 0 radical (unpaired) electrons. The van der Waals surface area contributed by atoms with Crippen LogP contribution in [0.3, 0.4) is 0 Å². The molecule has 0 aliphatic carbocycles. The van der Waals surface area contributed by atoms with Gasteiger partial charge in [0, 0.05) is 11.8 Å². The first kappa shape index (κ1) is 26.4. The van der Waals surface area contributed by atoms with Gasteiger partial charge in [0.05, 0.1) is 39.4 Å². The molecule has 1 aliphatic heterocycles. The number of halogens is 3. The van der Waals surface area contributed by atoms with Gasteiger partial charge >= 0.3 is 0 Å². The van der Waals surface area contributed by atoms with E-state index in [0.29, 0.717) is 27.0 Å². The Kier molecular flexibility index (Phi) is 6.62. The second-order valence-electron chi connectivity index (χ2n) is 9.66. The van der Waals surface area contributed by atoms with Crippen LogP contribution in [0, 0.1) is 5.82 Å². The quantitative estimate of drug-likeness (QED) is 0.279. The number of para-hydroxylation sites is 2. The molecule has 10 nitrogen and oxygen atoms in total. The van der Waals surface area contributed by atoms with E-state index < -0.39 is 35.8 Å². The average Bonchev–Trinajstić information content (AvgIpc) is 3.66. The number of carbonyl (C=O) groups excluding carboxylic acids is 3. The summed E-state index contributed by atoms with van der Waals surface area (Å²) in [6.45, 7) is -0.677. The minimum absolute atomic E-state index is 0.00503. The Morgan fingerprint density at radius 3 is 2.66 bits per heavy atom. The van der Waals surface area contributed by atoms with Gasteiger partial charge in [0.2, 0.25) is 11.8 Å². The molecule has 0 spiro atoms. The zero-order valence-corrected chi connectivity index (χ0v) is 22.0. The van der Waals surface area contributed by atoms with E-state index in [0.717, 1.165) is 4.90 Å². The zero-order valence-electron chi connectivity index (χ0n) is 21.3. The molecule has 0 saturated carbocycles. The van der Waals surface area contributed by atoms with Crippen molar-refractivity contribution in [1.82, 2.24) is 24.6 Å².